The molecule has 36 heavy (non-hydrogen) atoms. The normalized spacial score (nSPS) is 11.6. The molecule has 192 valence electrons. The zero-order chi connectivity index (χ0) is 26.3. The van der Waals surface area contributed by atoms with Crippen LogP contribution in [0.15, 0.2) is 77.1 Å². The number of sulfonamides is 1. The Hall–Kier alpha value is -3.43. The number of carbonyl (C=O) groups is 1. The number of anilines is 1. The van der Waals surface area contributed by atoms with Crippen molar-refractivity contribution in [1.29, 1.82) is 0 Å². The van der Waals surface area contributed by atoms with Crippen LogP contribution in [0, 0.1) is 0 Å². The number of benzene rings is 2. The monoisotopic (exact) mass is 510 g/mol. The fraction of sp³-hybridized carbons (Fsp3) is 0.333. The summed E-state index contributed by atoms with van der Waals surface area (Å²) in [5.74, 6) is -0.499. The Bertz CT molecular complexity index is 1380. The molecule has 0 aliphatic carbocycles. The number of allylic oxidation sites excluding steroid dienone is 1. The van der Waals surface area contributed by atoms with Crippen molar-refractivity contribution in [3.63, 3.8) is 0 Å². The minimum atomic E-state index is -3.76. The third kappa shape index (κ3) is 5.68. The molecule has 0 radical (unpaired) electrons. The van der Waals surface area contributed by atoms with Crippen molar-refractivity contribution >= 4 is 32.5 Å². The first kappa shape index (κ1) is 27.2. The van der Waals surface area contributed by atoms with E-state index in [1.165, 1.54) is 22.6 Å². The molecule has 1 aromatic heterocycles. The molecule has 3 aromatic rings. The number of pyridine rings is 1. The van der Waals surface area contributed by atoms with Crippen molar-refractivity contribution < 1.29 is 13.2 Å². The molecular formula is C27H34N4O4S. The van der Waals surface area contributed by atoms with Gasteiger partial charge in [-0.3, -0.25) is 9.59 Å². The number of amides is 1. The summed E-state index contributed by atoms with van der Waals surface area (Å²) in [7, 11) is -3.76. The van der Waals surface area contributed by atoms with Gasteiger partial charge in [-0.15, -0.1) is 6.58 Å². The molecule has 0 unspecified atom stereocenters. The molecule has 1 amide bonds. The molecule has 0 atom stereocenters. The fourth-order valence-electron chi connectivity index (χ4n) is 4.21. The molecule has 1 N–H and O–H groups in total. The van der Waals surface area contributed by atoms with Crippen LogP contribution in [0.3, 0.4) is 0 Å². The second-order valence-electron chi connectivity index (χ2n) is 8.25. The molecule has 0 fully saturated rings. The number of fused-ring (bicyclic) bond motifs is 1. The van der Waals surface area contributed by atoms with E-state index in [0.29, 0.717) is 38.2 Å². The lowest BCUT2D eigenvalue weighted by Crippen LogP contribution is -2.37. The van der Waals surface area contributed by atoms with Crippen molar-refractivity contribution in [2.24, 2.45) is 0 Å². The predicted molar refractivity (Wildman–Crippen MR) is 145 cm³/mol. The van der Waals surface area contributed by atoms with Crippen LogP contribution in [0.5, 0.6) is 0 Å². The van der Waals surface area contributed by atoms with Crippen LogP contribution in [0.2, 0.25) is 0 Å². The molecule has 0 bridgehead atoms. The van der Waals surface area contributed by atoms with E-state index in [1.54, 1.807) is 30.6 Å². The maximum absolute atomic E-state index is 13.4. The molecule has 1 heterocycles. The first-order chi connectivity index (χ1) is 17.3. The number of para-hydroxylation sites is 1. The van der Waals surface area contributed by atoms with Gasteiger partial charge in [0.05, 0.1) is 10.4 Å². The summed E-state index contributed by atoms with van der Waals surface area (Å²) < 4.78 is 29.2. The Morgan fingerprint density at radius 3 is 2.36 bits per heavy atom. The zero-order valence-electron chi connectivity index (χ0n) is 21.1. The molecule has 0 spiro atoms. The van der Waals surface area contributed by atoms with Gasteiger partial charge in [0.25, 0.3) is 5.91 Å². The van der Waals surface area contributed by atoms with Crippen LogP contribution >= 0.6 is 0 Å². The zero-order valence-corrected chi connectivity index (χ0v) is 21.9. The number of rotatable bonds is 12. The van der Waals surface area contributed by atoms with Crippen LogP contribution < -0.4 is 15.6 Å². The van der Waals surface area contributed by atoms with Crippen LogP contribution in [0.1, 0.15) is 31.1 Å². The lowest BCUT2D eigenvalue weighted by atomic mass is 10.1. The average Bonchev–Trinajstić information content (AvgIpc) is 2.89. The smallest absolute Gasteiger partial charge is 0.256 e. The van der Waals surface area contributed by atoms with Crippen LogP contribution in [-0.4, -0.2) is 55.9 Å². The van der Waals surface area contributed by atoms with Crippen molar-refractivity contribution in [3.8, 4) is 0 Å². The van der Waals surface area contributed by atoms with Gasteiger partial charge in [-0.25, -0.2) is 8.42 Å². The average molecular weight is 511 g/mol. The van der Waals surface area contributed by atoms with E-state index in [9.17, 15) is 18.0 Å². The third-order valence-corrected chi connectivity index (χ3v) is 8.18. The fourth-order valence-corrected chi connectivity index (χ4v) is 5.69. The molecule has 0 aliphatic heterocycles. The van der Waals surface area contributed by atoms with Gasteiger partial charge in [-0.05, 0) is 37.3 Å². The van der Waals surface area contributed by atoms with Gasteiger partial charge in [0.15, 0.2) is 0 Å². The van der Waals surface area contributed by atoms with Gasteiger partial charge < -0.3 is 14.8 Å². The Balaban J connectivity index is 1.94. The van der Waals surface area contributed by atoms with Crippen LogP contribution in [0.25, 0.3) is 10.9 Å². The van der Waals surface area contributed by atoms with Crippen LogP contribution in [-0.2, 0) is 16.6 Å². The first-order valence-corrected chi connectivity index (χ1v) is 13.6. The quantitative estimate of drug-likeness (QED) is 0.377. The highest BCUT2D eigenvalue weighted by atomic mass is 32.2. The standard InChI is InChI=1S/C27H34N4O4S/c1-5-17-30-20-24(27(33)28-16-18-29(6-2)21-12-10-9-11-13-21)26(32)23-19-22(14-15-25(23)30)36(34,35)31(7-3)8-4/h5,9-15,19-20H,1,6-8,16-18H2,2-4H3,(H,28,33). The summed E-state index contributed by atoms with van der Waals surface area (Å²) in [6.07, 6.45) is 3.17. The second-order valence-corrected chi connectivity index (χ2v) is 10.2. The van der Waals surface area contributed by atoms with Gasteiger partial charge in [0, 0.05) is 56.5 Å². The summed E-state index contributed by atoms with van der Waals surface area (Å²) in [4.78, 5) is 28.6. The molecule has 0 saturated heterocycles. The number of likely N-dealkylation sites (N-methyl/N-ethyl adjacent to an activating group) is 1. The molecule has 8 nitrogen and oxygen atoms in total. The van der Waals surface area contributed by atoms with E-state index in [4.69, 9.17) is 0 Å². The summed E-state index contributed by atoms with van der Waals surface area (Å²) in [6.45, 7) is 12.0. The van der Waals surface area contributed by atoms with Crippen molar-refractivity contribution in [1.82, 2.24) is 14.2 Å². The minimum absolute atomic E-state index is 0.0277. The van der Waals surface area contributed by atoms with Crippen molar-refractivity contribution in [3.05, 3.63) is 83.2 Å². The lowest BCUT2D eigenvalue weighted by Gasteiger charge is -2.23. The summed E-state index contributed by atoms with van der Waals surface area (Å²) >= 11 is 0. The van der Waals surface area contributed by atoms with E-state index in [-0.39, 0.29) is 15.8 Å². The Kier molecular flexibility index (Phi) is 9.06. The number of nitrogens with zero attached hydrogens (tertiary/aromatic N) is 3. The number of aromatic nitrogens is 1. The number of hydrogen-bond donors (Lipinski definition) is 1. The maximum atomic E-state index is 13.4. The minimum Gasteiger partial charge on any atom is -0.370 e. The van der Waals surface area contributed by atoms with E-state index in [2.05, 4.69) is 16.8 Å². The highest BCUT2D eigenvalue weighted by Crippen LogP contribution is 2.21. The Labute approximate surface area is 212 Å². The Morgan fingerprint density at radius 2 is 1.75 bits per heavy atom. The maximum Gasteiger partial charge on any atom is 0.256 e. The number of nitrogens with one attached hydrogen (secondary N) is 1. The second kappa shape index (κ2) is 12.0. The van der Waals surface area contributed by atoms with Gasteiger partial charge in [-0.2, -0.15) is 4.31 Å². The molecule has 9 heteroatoms. The third-order valence-electron chi connectivity index (χ3n) is 6.14. The van der Waals surface area contributed by atoms with Crippen LogP contribution in [0.4, 0.5) is 5.69 Å². The van der Waals surface area contributed by atoms with E-state index in [0.717, 1.165) is 12.2 Å². The Morgan fingerprint density at radius 1 is 1.06 bits per heavy atom. The van der Waals surface area contributed by atoms with E-state index in [1.807, 2.05) is 37.3 Å². The summed E-state index contributed by atoms with van der Waals surface area (Å²) in [6, 6.07) is 14.4. The molecule has 3 rings (SSSR count). The first-order valence-electron chi connectivity index (χ1n) is 12.1. The number of carbonyl (C=O) groups excluding carboxylic acids is 1. The molecule has 0 aliphatic rings. The largest absolute Gasteiger partial charge is 0.370 e. The summed E-state index contributed by atoms with van der Waals surface area (Å²) in [5, 5.41) is 3.02. The van der Waals surface area contributed by atoms with Gasteiger partial charge in [0.1, 0.15) is 5.56 Å². The van der Waals surface area contributed by atoms with Gasteiger partial charge >= 0.3 is 0 Å². The van der Waals surface area contributed by atoms with Crippen molar-refractivity contribution in [2.75, 3.05) is 37.6 Å². The van der Waals surface area contributed by atoms with E-state index < -0.39 is 21.4 Å². The predicted octanol–water partition coefficient (Wildman–Crippen LogP) is 3.47. The molecule has 0 saturated carbocycles. The van der Waals surface area contributed by atoms with Gasteiger partial charge in [-0.1, -0.05) is 38.1 Å². The SMILES string of the molecule is C=CCn1cc(C(=O)NCCN(CC)c2ccccc2)c(=O)c2cc(S(=O)(=O)N(CC)CC)ccc21. The van der Waals surface area contributed by atoms with Crippen molar-refractivity contribution in [2.45, 2.75) is 32.2 Å². The summed E-state index contributed by atoms with van der Waals surface area (Å²) in [5.41, 5.74) is 1.05. The topological polar surface area (TPSA) is 91.7 Å². The number of hydrogen-bond acceptors (Lipinski definition) is 5. The van der Waals surface area contributed by atoms with Gasteiger partial charge in [0.2, 0.25) is 15.5 Å². The lowest BCUT2D eigenvalue weighted by molar-refractivity contribution is 0.0953. The highest BCUT2D eigenvalue weighted by molar-refractivity contribution is 7.89. The highest BCUT2D eigenvalue weighted by Gasteiger charge is 2.23. The molecule has 2 aromatic carbocycles. The molecular weight excluding hydrogens is 476 g/mol. The van der Waals surface area contributed by atoms with E-state index >= 15 is 0 Å².